The van der Waals surface area contributed by atoms with Gasteiger partial charge < -0.3 is 9.88 Å². The van der Waals surface area contributed by atoms with Gasteiger partial charge in [0.1, 0.15) is 5.69 Å². The SMILES string of the molecule is CC(=O)c1cc(C(=O)NCc2cnn(Cc3ccccc3)c2)n(C)c1. The van der Waals surface area contributed by atoms with Crippen LogP contribution in [0.2, 0.25) is 0 Å². The van der Waals surface area contributed by atoms with E-state index < -0.39 is 0 Å². The second-order valence-corrected chi connectivity index (χ2v) is 6.00. The van der Waals surface area contributed by atoms with Crippen LogP contribution in [-0.4, -0.2) is 26.0 Å². The van der Waals surface area contributed by atoms with Crippen molar-refractivity contribution < 1.29 is 9.59 Å². The molecule has 2 aromatic heterocycles. The molecule has 0 saturated heterocycles. The number of Topliss-reactive ketones (excluding diaryl/α,β-unsaturated/α-hetero) is 1. The molecule has 3 aromatic rings. The molecule has 1 amide bonds. The lowest BCUT2D eigenvalue weighted by Gasteiger charge is -2.04. The molecule has 3 rings (SSSR count). The zero-order chi connectivity index (χ0) is 17.8. The maximum Gasteiger partial charge on any atom is 0.268 e. The van der Waals surface area contributed by atoms with E-state index in [4.69, 9.17) is 0 Å². The van der Waals surface area contributed by atoms with Gasteiger partial charge in [-0.05, 0) is 18.6 Å². The summed E-state index contributed by atoms with van der Waals surface area (Å²) in [5.74, 6) is -0.275. The van der Waals surface area contributed by atoms with Gasteiger partial charge in [0.05, 0.1) is 12.7 Å². The third-order valence-corrected chi connectivity index (χ3v) is 3.97. The molecule has 0 fully saturated rings. The number of hydrogen-bond donors (Lipinski definition) is 1. The molecule has 0 aliphatic carbocycles. The fourth-order valence-electron chi connectivity index (χ4n) is 2.61. The molecule has 0 aliphatic rings. The molecule has 0 bridgehead atoms. The van der Waals surface area contributed by atoms with Crippen LogP contribution in [0.25, 0.3) is 0 Å². The van der Waals surface area contributed by atoms with Gasteiger partial charge in [0.15, 0.2) is 5.78 Å². The van der Waals surface area contributed by atoms with E-state index >= 15 is 0 Å². The van der Waals surface area contributed by atoms with Gasteiger partial charge in [0.2, 0.25) is 0 Å². The van der Waals surface area contributed by atoms with Gasteiger partial charge >= 0.3 is 0 Å². The number of benzene rings is 1. The van der Waals surface area contributed by atoms with Gasteiger partial charge in [0.25, 0.3) is 5.91 Å². The van der Waals surface area contributed by atoms with Crippen LogP contribution in [0.1, 0.15) is 38.9 Å². The second kappa shape index (κ2) is 7.17. The van der Waals surface area contributed by atoms with E-state index in [1.807, 2.05) is 41.2 Å². The van der Waals surface area contributed by atoms with E-state index in [1.165, 1.54) is 12.5 Å². The molecule has 0 aliphatic heterocycles. The zero-order valence-corrected chi connectivity index (χ0v) is 14.3. The first-order chi connectivity index (χ1) is 12.0. The van der Waals surface area contributed by atoms with E-state index in [2.05, 4.69) is 10.4 Å². The number of carbonyl (C=O) groups excluding carboxylic acids is 2. The van der Waals surface area contributed by atoms with Gasteiger partial charge in [-0.1, -0.05) is 30.3 Å². The van der Waals surface area contributed by atoms with Crippen molar-refractivity contribution in [2.24, 2.45) is 7.05 Å². The minimum atomic E-state index is -0.217. The van der Waals surface area contributed by atoms with E-state index in [0.717, 1.165) is 5.56 Å². The highest BCUT2D eigenvalue weighted by Gasteiger charge is 2.13. The fourth-order valence-corrected chi connectivity index (χ4v) is 2.61. The van der Waals surface area contributed by atoms with Crippen LogP contribution in [0.4, 0.5) is 0 Å². The Bertz CT molecular complexity index is 893. The van der Waals surface area contributed by atoms with E-state index in [-0.39, 0.29) is 11.7 Å². The van der Waals surface area contributed by atoms with E-state index in [0.29, 0.717) is 24.3 Å². The van der Waals surface area contributed by atoms with Crippen molar-refractivity contribution >= 4 is 11.7 Å². The molecule has 1 aromatic carbocycles. The molecule has 0 saturated carbocycles. The smallest absolute Gasteiger partial charge is 0.268 e. The summed E-state index contributed by atoms with van der Waals surface area (Å²) in [5, 5.41) is 7.18. The molecule has 0 radical (unpaired) electrons. The zero-order valence-electron chi connectivity index (χ0n) is 14.3. The first-order valence-electron chi connectivity index (χ1n) is 8.03. The predicted octanol–water partition coefficient (Wildman–Crippen LogP) is 2.40. The number of aryl methyl sites for hydroxylation is 1. The highest BCUT2D eigenvalue weighted by Crippen LogP contribution is 2.09. The quantitative estimate of drug-likeness (QED) is 0.703. The summed E-state index contributed by atoms with van der Waals surface area (Å²) in [6.07, 6.45) is 5.32. The number of nitrogens with zero attached hydrogens (tertiary/aromatic N) is 3. The molecule has 1 N–H and O–H groups in total. The van der Waals surface area contributed by atoms with Gasteiger partial charge in [-0.3, -0.25) is 14.3 Å². The number of ketones is 1. The third-order valence-electron chi connectivity index (χ3n) is 3.97. The van der Waals surface area contributed by atoms with Crippen LogP contribution in [0.5, 0.6) is 0 Å². The Balaban J connectivity index is 1.60. The Kier molecular flexibility index (Phi) is 4.79. The lowest BCUT2D eigenvalue weighted by atomic mass is 10.2. The maximum absolute atomic E-state index is 12.3. The summed E-state index contributed by atoms with van der Waals surface area (Å²) in [5.41, 5.74) is 3.08. The molecule has 2 heterocycles. The van der Waals surface area contributed by atoms with Crippen molar-refractivity contribution in [1.29, 1.82) is 0 Å². The Morgan fingerprint density at radius 1 is 1.12 bits per heavy atom. The summed E-state index contributed by atoms with van der Waals surface area (Å²) < 4.78 is 3.50. The Morgan fingerprint density at radius 3 is 2.56 bits per heavy atom. The number of rotatable bonds is 6. The number of amides is 1. The minimum Gasteiger partial charge on any atom is -0.347 e. The Morgan fingerprint density at radius 2 is 1.88 bits per heavy atom. The van der Waals surface area contributed by atoms with Crippen LogP contribution in [-0.2, 0) is 20.1 Å². The lowest BCUT2D eigenvalue weighted by molar-refractivity contribution is 0.0942. The molecule has 6 heteroatoms. The van der Waals surface area contributed by atoms with Crippen molar-refractivity contribution in [3.8, 4) is 0 Å². The maximum atomic E-state index is 12.3. The Hall–Kier alpha value is -3.15. The highest BCUT2D eigenvalue weighted by atomic mass is 16.2. The fraction of sp³-hybridized carbons (Fsp3) is 0.211. The predicted molar refractivity (Wildman–Crippen MR) is 94.4 cm³/mol. The summed E-state index contributed by atoms with van der Waals surface area (Å²) >= 11 is 0. The van der Waals surface area contributed by atoms with Crippen molar-refractivity contribution in [3.63, 3.8) is 0 Å². The van der Waals surface area contributed by atoms with Gasteiger partial charge in [-0.25, -0.2) is 0 Å². The Labute approximate surface area is 146 Å². The topological polar surface area (TPSA) is 68.9 Å². The lowest BCUT2D eigenvalue weighted by Crippen LogP contribution is -2.24. The normalized spacial score (nSPS) is 10.6. The minimum absolute atomic E-state index is 0.0585. The van der Waals surface area contributed by atoms with Crippen LogP contribution in [0.15, 0.2) is 55.0 Å². The molecular weight excluding hydrogens is 316 g/mol. The molecule has 0 atom stereocenters. The number of aromatic nitrogens is 3. The van der Waals surface area contributed by atoms with E-state index in [1.54, 1.807) is 30.1 Å². The summed E-state index contributed by atoms with van der Waals surface area (Å²) in [4.78, 5) is 23.7. The van der Waals surface area contributed by atoms with Crippen molar-refractivity contribution in [3.05, 3.63) is 77.4 Å². The number of hydrogen-bond acceptors (Lipinski definition) is 3. The monoisotopic (exact) mass is 336 g/mol. The first-order valence-corrected chi connectivity index (χ1v) is 8.03. The van der Waals surface area contributed by atoms with Gasteiger partial charge in [-0.15, -0.1) is 0 Å². The summed E-state index contributed by atoms with van der Waals surface area (Å²) in [7, 11) is 1.75. The molecular formula is C19H20N4O2. The van der Waals surface area contributed by atoms with Crippen LogP contribution in [0, 0.1) is 0 Å². The van der Waals surface area contributed by atoms with Crippen molar-refractivity contribution in [2.45, 2.75) is 20.0 Å². The molecule has 25 heavy (non-hydrogen) atoms. The van der Waals surface area contributed by atoms with Gasteiger partial charge in [-0.2, -0.15) is 5.10 Å². The summed E-state index contributed by atoms with van der Waals surface area (Å²) in [6.45, 7) is 2.56. The van der Waals surface area contributed by atoms with Crippen LogP contribution >= 0.6 is 0 Å². The standard InChI is InChI=1S/C19H20N4O2/c1-14(24)17-8-18(22(2)13-17)19(25)20-9-16-10-21-23(12-16)11-15-6-4-3-5-7-15/h3-8,10,12-13H,9,11H2,1-2H3,(H,20,25). The molecule has 6 nitrogen and oxygen atoms in total. The summed E-state index contributed by atoms with van der Waals surface area (Å²) in [6, 6.07) is 11.7. The third kappa shape index (κ3) is 4.03. The van der Waals surface area contributed by atoms with E-state index in [9.17, 15) is 9.59 Å². The second-order valence-electron chi connectivity index (χ2n) is 6.00. The average molecular weight is 336 g/mol. The van der Waals surface area contributed by atoms with Crippen LogP contribution in [0.3, 0.4) is 0 Å². The molecule has 0 unspecified atom stereocenters. The van der Waals surface area contributed by atoms with Crippen molar-refractivity contribution in [1.82, 2.24) is 19.7 Å². The molecule has 128 valence electrons. The number of carbonyl (C=O) groups is 2. The van der Waals surface area contributed by atoms with Gasteiger partial charge in [0, 0.05) is 37.1 Å². The molecule has 0 spiro atoms. The highest BCUT2D eigenvalue weighted by molar-refractivity contribution is 5.99. The average Bonchev–Trinajstić information content (AvgIpc) is 3.20. The van der Waals surface area contributed by atoms with Crippen LogP contribution < -0.4 is 5.32 Å². The first kappa shape index (κ1) is 16.7. The largest absolute Gasteiger partial charge is 0.347 e. The van der Waals surface area contributed by atoms with Crippen molar-refractivity contribution in [2.75, 3.05) is 0 Å². The number of nitrogens with one attached hydrogen (secondary N) is 1.